The Balaban J connectivity index is 2.80. The van der Waals surface area contributed by atoms with Crippen LogP contribution in [0.5, 0.6) is 0 Å². The number of thioether (sulfide) groups is 1. The molecule has 1 aromatic rings. The van der Waals surface area contributed by atoms with E-state index in [-0.39, 0.29) is 6.04 Å². The van der Waals surface area contributed by atoms with Crippen molar-refractivity contribution in [3.05, 3.63) is 17.0 Å². The Kier molecular flexibility index (Phi) is 5.94. The van der Waals surface area contributed by atoms with Gasteiger partial charge in [-0.2, -0.15) is 11.8 Å². The second kappa shape index (κ2) is 6.75. The van der Waals surface area contributed by atoms with Crippen LogP contribution < -0.4 is 10.5 Å². The van der Waals surface area contributed by atoms with Crippen LogP contribution in [0.1, 0.15) is 18.2 Å². The van der Waals surface area contributed by atoms with Gasteiger partial charge in [0.1, 0.15) is 4.21 Å². The van der Waals surface area contributed by atoms with Crippen LogP contribution in [0.15, 0.2) is 16.3 Å². The molecule has 1 unspecified atom stereocenters. The van der Waals surface area contributed by atoms with Gasteiger partial charge in [-0.3, -0.25) is 0 Å². The molecule has 7 heteroatoms. The number of nitrogens with two attached hydrogens (primary N) is 1. The van der Waals surface area contributed by atoms with Crippen LogP contribution in [-0.2, 0) is 16.6 Å². The van der Waals surface area contributed by atoms with E-state index >= 15 is 0 Å². The third kappa shape index (κ3) is 4.26. The number of thiophene rings is 1. The molecule has 0 spiro atoms. The van der Waals surface area contributed by atoms with E-state index in [0.29, 0.717) is 10.8 Å². The summed E-state index contributed by atoms with van der Waals surface area (Å²) in [4.78, 5) is 0.878. The van der Waals surface area contributed by atoms with Gasteiger partial charge in [0.15, 0.2) is 0 Å². The topological polar surface area (TPSA) is 72.2 Å². The maximum absolute atomic E-state index is 12.1. The third-order valence-corrected chi connectivity index (χ3v) is 6.14. The highest BCUT2D eigenvalue weighted by Crippen LogP contribution is 2.21. The van der Waals surface area contributed by atoms with Crippen molar-refractivity contribution in [3.8, 4) is 0 Å². The van der Waals surface area contributed by atoms with Gasteiger partial charge in [-0.05, 0) is 24.8 Å². The first-order valence-corrected chi connectivity index (χ1v) is 9.03. The summed E-state index contributed by atoms with van der Waals surface area (Å²) in [6, 6.07) is 3.36. The summed E-state index contributed by atoms with van der Waals surface area (Å²) in [6.07, 6.45) is 2.75. The molecule has 1 atom stereocenters. The van der Waals surface area contributed by atoms with Crippen LogP contribution >= 0.6 is 23.1 Å². The zero-order valence-corrected chi connectivity index (χ0v) is 12.4. The highest BCUT2D eigenvalue weighted by Gasteiger charge is 2.20. The molecular weight excluding hydrogens is 276 g/mol. The molecule has 0 saturated carbocycles. The summed E-state index contributed by atoms with van der Waals surface area (Å²) in [7, 11) is -3.38. The molecule has 98 valence electrons. The van der Waals surface area contributed by atoms with Gasteiger partial charge in [0.25, 0.3) is 0 Å². The van der Waals surface area contributed by atoms with Gasteiger partial charge in [-0.1, -0.05) is 6.92 Å². The van der Waals surface area contributed by atoms with Gasteiger partial charge in [-0.15, -0.1) is 11.3 Å². The fourth-order valence-corrected chi connectivity index (χ4v) is 4.72. The molecule has 1 heterocycles. The molecule has 3 N–H and O–H groups in total. The predicted octanol–water partition coefficient (Wildman–Crippen LogP) is 1.63. The van der Waals surface area contributed by atoms with Crippen molar-refractivity contribution in [2.24, 2.45) is 5.73 Å². The molecule has 1 aromatic heterocycles. The average Bonchev–Trinajstić information content (AvgIpc) is 2.77. The van der Waals surface area contributed by atoms with Gasteiger partial charge in [0, 0.05) is 23.2 Å². The first-order chi connectivity index (χ1) is 8.03. The minimum absolute atomic E-state index is 0.0153. The minimum Gasteiger partial charge on any atom is -0.326 e. The third-order valence-electron chi connectivity index (χ3n) is 2.29. The van der Waals surface area contributed by atoms with E-state index in [9.17, 15) is 8.42 Å². The highest BCUT2D eigenvalue weighted by molar-refractivity contribution is 7.98. The monoisotopic (exact) mass is 294 g/mol. The van der Waals surface area contributed by atoms with Crippen molar-refractivity contribution in [1.82, 2.24) is 4.72 Å². The number of hydrogen-bond acceptors (Lipinski definition) is 5. The van der Waals surface area contributed by atoms with Gasteiger partial charge < -0.3 is 5.73 Å². The van der Waals surface area contributed by atoms with Crippen molar-refractivity contribution in [2.75, 3.05) is 12.0 Å². The molecule has 0 aliphatic carbocycles. The Morgan fingerprint density at radius 1 is 1.53 bits per heavy atom. The van der Waals surface area contributed by atoms with Crippen molar-refractivity contribution >= 4 is 33.1 Å². The molecule has 0 amide bonds. The van der Waals surface area contributed by atoms with Gasteiger partial charge in [0.2, 0.25) is 10.0 Å². The Morgan fingerprint density at radius 2 is 2.24 bits per heavy atom. The molecule has 0 aromatic carbocycles. The first kappa shape index (κ1) is 15.0. The summed E-state index contributed by atoms with van der Waals surface area (Å²) < 4.78 is 27.2. The van der Waals surface area contributed by atoms with E-state index in [4.69, 9.17) is 5.73 Å². The fraction of sp³-hybridized carbons (Fsp3) is 0.600. The highest BCUT2D eigenvalue weighted by atomic mass is 32.2. The molecule has 0 saturated heterocycles. The molecule has 17 heavy (non-hydrogen) atoms. The first-order valence-electron chi connectivity index (χ1n) is 5.33. The van der Waals surface area contributed by atoms with Crippen LogP contribution in [0.3, 0.4) is 0 Å². The van der Waals surface area contributed by atoms with Crippen LogP contribution in [0, 0.1) is 0 Å². The summed E-state index contributed by atoms with van der Waals surface area (Å²) >= 11 is 2.86. The Labute approximate surface area is 111 Å². The maximum atomic E-state index is 12.1. The van der Waals surface area contributed by atoms with Crippen LogP contribution in [0.4, 0.5) is 0 Å². The Hall–Kier alpha value is -0.0800. The maximum Gasteiger partial charge on any atom is 0.250 e. The fourth-order valence-electron chi connectivity index (χ4n) is 1.33. The quantitative estimate of drug-likeness (QED) is 0.801. The van der Waals surface area contributed by atoms with Gasteiger partial charge >= 0.3 is 0 Å². The Bertz CT molecular complexity index is 442. The summed E-state index contributed by atoms with van der Waals surface area (Å²) in [5.74, 6) is 0.783. The average molecular weight is 294 g/mol. The lowest BCUT2D eigenvalue weighted by atomic mass is 10.3. The van der Waals surface area contributed by atoms with E-state index in [1.807, 2.05) is 13.2 Å². The van der Waals surface area contributed by atoms with E-state index in [1.54, 1.807) is 23.9 Å². The van der Waals surface area contributed by atoms with Crippen LogP contribution in [0.25, 0.3) is 0 Å². The van der Waals surface area contributed by atoms with Gasteiger partial charge in [0.05, 0.1) is 0 Å². The summed E-state index contributed by atoms with van der Waals surface area (Å²) in [6.45, 7) is 2.35. The molecular formula is C10H18N2O2S3. The van der Waals surface area contributed by atoms with E-state index in [0.717, 1.165) is 17.1 Å². The van der Waals surface area contributed by atoms with E-state index in [2.05, 4.69) is 4.72 Å². The number of hydrogen-bond donors (Lipinski definition) is 2. The summed E-state index contributed by atoms with van der Waals surface area (Å²) in [5.41, 5.74) is 5.47. The zero-order chi connectivity index (χ0) is 12.9. The van der Waals surface area contributed by atoms with Crippen molar-refractivity contribution in [3.63, 3.8) is 0 Å². The zero-order valence-electron chi connectivity index (χ0n) is 9.97. The minimum atomic E-state index is -3.38. The molecule has 0 fully saturated rings. The molecule has 1 rings (SSSR count). The van der Waals surface area contributed by atoms with Crippen molar-refractivity contribution < 1.29 is 8.42 Å². The normalized spacial score (nSPS) is 13.8. The smallest absolute Gasteiger partial charge is 0.250 e. The molecule has 0 radical (unpaired) electrons. The predicted molar refractivity (Wildman–Crippen MR) is 75.0 cm³/mol. The number of nitrogens with one attached hydrogen (secondary N) is 1. The molecule has 0 aliphatic heterocycles. The Morgan fingerprint density at radius 3 is 2.71 bits per heavy atom. The lowest BCUT2D eigenvalue weighted by Crippen LogP contribution is -2.35. The molecule has 0 aliphatic rings. The van der Waals surface area contributed by atoms with Crippen LogP contribution in [-0.4, -0.2) is 26.5 Å². The summed E-state index contributed by atoms with van der Waals surface area (Å²) in [5, 5.41) is 0. The number of sulfonamides is 1. The van der Waals surface area contributed by atoms with Crippen molar-refractivity contribution in [1.29, 1.82) is 0 Å². The lowest BCUT2D eigenvalue weighted by molar-refractivity contribution is 0.560. The standard InChI is InChI=1S/C10H18N2O2S3/c1-3-8(7-15-2)12-17(13,14)10-5-4-9(6-11)16-10/h4-5,8,12H,3,6-7,11H2,1-2H3. The lowest BCUT2D eigenvalue weighted by Gasteiger charge is -2.14. The van der Waals surface area contributed by atoms with E-state index < -0.39 is 10.0 Å². The second-order valence-electron chi connectivity index (χ2n) is 3.61. The second-order valence-corrected chi connectivity index (χ2v) is 7.63. The van der Waals surface area contributed by atoms with E-state index in [1.165, 1.54) is 11.3 Å². The van der Waals surface area contributed by atoms with Crippen LogP contribution in [0.2, 0.25) is 0 Å². The largest absolute Gasteiger partial charge is 0.326 e. The SMILES string of the molecule is CCC(CSC)NS(=O)(=O)c1ccc(CN)s1. The molecule has 0 bridgehead atoms. The molecule has 4 nitrogen and oxygen atoms in total. The van der Waals surface area contributed by atoms with Crippen molar-refractivity contribution in [2.45, 2.75) is 30.1 Å². The van der Waals surface area contributed by atoms with Gasteiger partial charge in [-0.25, -0.2) is 13.1 Å². The number of rotatable bonds is 7.